The zero-order valence-electron chi connectivity index (χ0n) is 18.3. The maximum absolute atomic E-state index is 13.4. The van der Waals surface area contributed by atoms with Crippen LogP contribution in [0.2, 0.25) is 0 Å². The van der Waals surface area contributed by atoms with Crippen LogP contribution in [-0.2, 0) is 4.74 Å². The number of rotatable bonds is 7. The minimum absolute atomic E-state index is 0.0365. The Labute approximate surface area is 191 Å². The summed E-state index contributed by atoms with van der Waals surface area (Å²) in [6.07, 6.45) is 0. The fraction of sp³-hybridized carbons (Fsp3) is 0.320. The molecule has 1 aliphatic rings. The molecule has 1 aliphatic heterocycles. The number of morpholine rings is 1. The SMILES string of the molecule is COc1ccc(-c2cc(C(=O)NCC(c3ccc(F)cc3)N3CCOCC3)sc2C)cc1. The van der Waals surface area contributed by atoms with Gasteiger partial charge < -0.3 is 14.8 Å². The summed E-state index contributed by atoms with van der Waals surface area (Å²) in [6, 6.07) is 16.3. The van der Waals surface area contributed by atoms with E-state index in [1.807, 2.05) is 37.3 Å². The van der Waals surface area contributed by atoms with Gasteiger partial charge in [-0.2, -0.15) is 0 Å². The number of hydrogen-bond acceptors (Lipinski definition) is 5. The summed E-state index contributed by atoms with van der Waals surface area (Å²) in [4.78, 5) is 17.0. The van der Waals surface area contributed by atoms with Crippen molar-refractivity contribution in [2.75, 3.05) is 40.0 Å². The molecule has 32 heavy (non-hydrogen) atoms. The summed E-state index contributed by atoms with van der Waals surface area (Å²) < 4.78 is 24.2. The lowest BCUT2D eigenvalue weighted by Crippen LogP contribution is -2.43. The smallest absolute Gasteiger partial charge is 0.261 e. The number of nitrogens with one attached hydrogen (secondary N) is 1. The van der Waals surface area contributed by atoms with Crippen molar-refractivity contribution >= 4 is 17.2 Å². The number of benzene rings is 2. The van der Waals surface area contributed by atoms with Crippen LogP contribution in [0, 0.1) is 12.7 Å². The first-order valence-corrected chi connectivity index (χ1v) is 11.5. The molecule has 1 fully saturated rings. The van der Waals surface area contributed by atoms with Crippen molar-refractivity contribution in [1.29, 1.82) is 0 Å². The number of carbonyl (C=O) groups is 1. The van der Waals surface area contributed by atoms with E-state index in [0.29, 0.717) is 24.6 Å². The predicted octanol–water partition coefficient (Wildman–Crippen LogP) is 4.67. The van der Waals surface area contributed by atoms with E-state index in [4.69, 9.17) is 9.47 Å². The molecule has 0 aliphatic carbocycles. The van der Waals surface area contributed by atoms with Crippen LogP contribution >= 0.6 is 11.3 Å². The Kier molecular flexibility index (Phi) is 7.19. The van der Waals surface area contributed by atoms with Crippen LogP contribution in [0.25, 0.3) is 11.1 Å². The lowest BCUT2D eigenvalue weighted by molar-refractivity contribution is 0.0162. The molecule has 1 saturated heterocycles. The summed E-state index contributed by atoms with van der Waals surface area (Å²) in [5, 5.41) is 3.09. The van der Waals surface area contributed by atoms with Crippen molar-refractivity contribution in [1.82, 2.24) is 10.2 Å². The fourth-order valence-corrected chi connectivity index (χ4v) is 4.92. The van der Waals surface area contributed by atoms with Crippen molar-refractivity contribution in [2.24, 2.45) is 0 Å². The second kappa shape index (κ2) is 10.3. The molecule has 1 unspecified atom stereocenters. The largest absolute Gasteiger partial charge is 0.497 e. The highest BCUT2D eigenvalue weighted by molar-refractivity contribution is 7.14. The highest BCUT2D eigenvalue weighted by Gasteiger charge is 2.24. The Bertz CT molecular complexity index is 1040. The summed E-state index contributed by atoms with van der Waals surface area (Å²) in [5.74, 6) is 0.436. The summed E-state index contributed by atoms with van der Waals surface area (Å²) in [6.45, 7) is 5.33. The lowest BCUT2D eigenvalue weighted by atomic mass is 10.0. The van der Waals surface area contributed by atoms with Crippen LogP contribution in [0.15, 0.2) is 54.6 Å². The molecule has 168 valence electrons. The fourth-order valence-electron chi connectivity index (χ4n) is 3.96. The van der Waals surface area contributed by atoms with E-state index in [0.717, 1.165) is 40.4 Å². The lowest BCUT2D eigenvalue weighted by Gasteiger charge is -2.34. The van der Waals surface area contributed by atoms with Crippen molar-refractivity contribution in [3.05, 3.63) is 75.7 Å². The molecule has 1 aromatic heterocycles. The second-order valence-corrected chi connectivity index (χ2v) is 8.99. The van der Waals surface area contributed by atoms with Gasteiger partial charge in [0.15, 0.2) is 0 Å². The molecule has 3 aromatic rings. The zero-order valence-corrected chi connectivity index (χ0v) is 19.1. The number of ether oxygens (including phenoxy) is 2. The molecular formula is C25H27FN2O3S. The van der Waals surface area contributed by atoms with Crippen LogP contribution in [0.3, 0.4) is 0 Å². The Balaban J connectivity index is 1.48. The van der Waals surface area contributed by atoms with Crippen LogP contribution in [0.1, 0.15) is 26.2 Å². The first-order valence-electron chi connectivity index (χ1n) is 10.7. The van der Waals surface area contributed by atoms with Crippen molar-refractivity contribution in [3.8, 4) is 16.9 Å². The Morgan fingerprint density at radius 3 is 2.50 bits per heavy atom. The van der Waals surface area contributed by atoms with Crippen molar-refractivity contribution < 1.29 is 18.7 Å². The number of thiophene rings is 1. The van der Waals surface area contributed by atoms with Crippen LogP contribution < -0.4 is 10.1 Å². The van der Waals surface area contributed by atoms with Gasteiger partial charge in [0.25, 0.3) is 5.91 Å². The molecule has 0 spiro atoms. The third kappa shape index (κ3) is 5.18. The quantitative estimate of drug-likeness (QED) is 0.564. The number of halogens is 1. The maximum atomic E-state index is 13.4. The summed E-state index contributed by atoms with van der Waals surface area (Å²) >= 11 is 1.49. The van der Waals surface area contributed by atoms with Gasteiger partial charge in [0, 0.05) is 24.5 Å². The van der Waals surface area contributed by atoms with E-state index >= 15 is 0 Å². The first-order chi connectivity index (χ1) is 15.5. The molecule has 0 radical (unpaired) electrons. The standard InChI is InChI=1S/C25H27FN2O3S/c1-17-22(18-5-9-21(30-2)10-6-18)15-24(32-17)25(29)27-16-23(28-11-13-31-14-12-28)19-3-7-20(26)8-4-19/h3-10,15,23H,11-14,16H2,1-2H3,(H,27,29). The molecule has 1 N–H and O–H groups in total. The van der Waals surface area contributed by atoms with E-state index in [2.05, 4.69) is 10.2 Å². The topological polar surface area (TPSA) is 50.8 Å². The summed E-state index contributed by atoms with van der Waals surface area (Å²) in [5.41, 5.74) is 3.08. The third-order valence-electron chi connectivity index (χ3n) is 5.74. The van der Waals surface area contributed by atoms with Gasteiger partial charge in [0.05, 0.1) is 31.2 Å². The highest BCUT2D eigenvalue weighted by Crippen LogP contribution is 2.32. The number of carbonyl (C=O) groups excluding carboxylic acids is 1. The highest BCUT2D eigenvalue weighted by atomic mass is 32.1. The average Bonchev–Trinajstić information content (AvgIpc) is 3.22. The van der Waals surface area contributed by atoms with E-state index in [1.54, 1.807) is 19.2 Å². The van der Waals surface area contributed by atoms with E-state index < -0.39 is 0 Å². The predicted molar refractivity (Wildman–Crippen MR) is 125 cm³/mol. The van der Waals surface area contributed by atoms with Gasteiger partial charge in [-0.15, -0.1) is 11.3 Å². The normalized spacial score (nSPS) is 15.3. The number of methoxy groups -OCH3 is 1. The van der Waals surface area contributed by atoms with E-state index in [1.165, 1.54) is 23.5 Å². The molecule has 5 nitrogen and oxygen atoms in total. The maximum Gasteiger partial charge on any atom is 0.261 e. The van der Waals surface area contributed by atoms with Gasteiger partial charge in [0.1, 0.15) is 11.6 Å². The molecule has 2 heterocycles. The van der Waals surface area contributed by atoms with Crippen LogP contribution in [0.5, 0.6) is 5.75 Å². The molecule has 1 atom stereocenters. The van der Waals surface area contributed by atoms with Gasteiger partial charge in [-0.1, -0.05) is 24.3 Å². The van der Waals surface area contributed by atoms with Gasteiger partial charge in [-0.3, -0.25) is 9.69 Å². The molecule has 2 aromatic carbocycles. The third-order valence-corrected chi connectivity index (χ3v) is 6.79. The molecule has 0 saturated carbocycles. The Morgan fingerprint density at radius 1 is 1.16 bits per heavy atom. The van der Waals surface area contributed by atoms with Crippen LogP contribution in [-0.4, -0.2) is 50.8 Å². The molecule has 7 heteroatoms. The van der Waals surface area contributed by atoms with Crippen molar-refractivity contribution in [3.63, 3.8) is 0 Å². The van der Waals surface area contributed by atoms with E-state index in [9.17, 15) is 9.18 Å². The number of nitrogens with zero attached hydrogens (tertiary/aromatic N) is 1. The number of amides is 1. The molecule has 0 bridgehead atoms. The first kappa shape index (κ1) is 22.5. The van der Waals surface area contributed by atoms with E-state index in [-0.39, 0.29) is 17.8 Å². The molecule has 1 amide bonds. The van der Waals surface area contributed by atoms with Crippen LogP contribution in [0.4, 0.5) is 4.39 Å². The number of aryl methyl sites for hydroxylation is 1. The summed E-state index contributed by atoms with van der Waals surface area (Å²) in [7, 11) is 1.64. The average molecular weight is 455 g/mol. The Morgan fingerprint density at radius 2 is 1.84 bits per heavy atom. The molecule has 4 rings (SSSR count). The van der Waals surface area contributed by atoms with Gasteiger partial charge in [-0.25, -0.2) is 4.39 Å². The monoisotopic (exact) mass is 454 g/mol. The zero-order chi connectivity index (χ0) is 22.5. The number of hydrogen-bond donors (Lipinski definition) is 1. The minimum atomic E-state index is -0.265. The molecular weight excluding hydrogens is 427 g/mol. The van der Waals surface area contributed by atoms with Gasteiger partial charge >= 0.3 is 0 Å². The minimum Gasteiger partial charge on any atom is -0.497 e. The van der Waals surface area contributed by atoms with Gasteiger partial charge in [0.2, 0.25) is 0 Å². The van der Waals surface area contributed by atoms with Crippen molar-refractivity contribution in [2.45, 2.75) is 13.0 Å². The second-order valence-electron chi connectivity index (χ2n) is 7.73. The Hall–Kier alpha value is -2.74. The van der Waals surface area contributed by atoms with Gasteiger partial charge in [-0.05, 0) is 53.9 Å².